The zero-order valence-corrected chi connectivity index (χ0v) is 25.3. The van der Waals surface area contributed by atoms with Crippen LogP contribution >= 0.6 is 11.6 Å². The van der Waals surface area contributed by atoms with Crippen molar-refractivity contribution >= 4 is 35.3 Å². The summed E-state index contributed by atoms with van der Waals surface area (Å²) in [5.74, 6) is -0.210. The number of carbonyl (C=O) groups excluding carboxylic acids is 2. The number of nitro groups is 1. The first-order valence-corrected chi connectivity index (χ1v) is 14.3. The topological polar surface area (TPSA) is 151 Å². The summed E-state index contributed by atoms with van der Waals surface area (Å²) in [5, 5.41) is 15.6. The van der Waals surface area contributed by atoms with E-state index in [1.165, 1.54) is 12.1 Å². The van der Waals surface area contributed by atoms with Crippen molar-refractivity contribution in [3.8, 4) is 17.2 Å². The average Bonchev–Trinajstić information content (AvgIpc) is 3.65. The van der Waals surface area contributed by atoms with Crippen molar-refractivity contribution in [2.75, 3.05) is 32.9 Å². The van der Waals surface area contributed by atoms with E-state index in [1.54, 1.807) is 11.0 Å². The highest BCUT2D eigenvalue weighted by Gasteiger charge is 2.24. The van der Waals surface area contributed by atoms with Crippen LogP contribution in [0, 0.1) is 24.0 Å². The molecule has 1 saturated heterocycles. The molecular formula is C31H30ClN5O8. The van der Waals surface area contributed by atoms with Gasteiger partial charge in [-0.25, -0.2) is 5.43 Å². The molecular weight excluding hydrogens is 606 g/mol. The van der Waals surface area contributed by atoms with Crippen molar-refractivity contribution in [1.29, 1.82) is 0 Å². The van der Waals surface area contributed by atoms with E-state index in [2.05, 4.69) is 27.2 Å². The molecule has 234 valence electrons. The minimum Gasteiger partial charge on any atom is -0.486 e. The Hall–Kier alpha value is -5.14. The first-order valence-electron chi connectivity index (χ1n) is 14.0. The van der Waals surface area contributed by atoms with E-state index in [0.717, 1.165) is 29.4 Å². The fourth-order valence-corrected chi connectivity index (χ4v) is 4.96. The molecule has 13 nitrogen and oxygen atoms in total. The Morgan fingerprint density at radius 1 is 1.04 bits per heavy atom. The highest BCUT2D eigenvalue weighted by Crippen LogP contribution is 2.34. The Labute approximate surface area is 263 Å². The van der Waals surface area contributed by atoms with E-state index >= 15 is 0 Å². The summed E-state index contributed by atoms with van der Waals surface area (Å²) in [6.45, 7) is 5.33. The lowest BCUT2D eigenvalue weighted by Crippen LogP contribution is -2.43. The van der Waals surface area contributed by atoms with Crippen LogP contribution in [-0.2, 0) is 16.1 Å². The van der Waals surface area contributed by atoms with E-state index in [-0.39, 0.29) is 34.6 Å². The maximum absolute atomic E-state index is 12.7. The van der Waals surface area contributed by atoms with Crippen molar-refractivity contribution in [3.05, 3.63) is 104 Å². The number of aromatic nitrogens is 1. The summed E-state index contributed by atoms with van der Waals surface area (Å²) in [6.07, 6.45) is 1.14. The number of halogens is 1. The molecule has 1 aliphatic heterocycles. The minimum absolute atomic E-state index is 0.0238. The standard InChI is InChI=1S/C31H30ClN5O8/c1-20-3-4-21(2)36(20)24-5-7-25(8-6-24)43-18-26-9-10-28(45-26)31(39)34-33-17-22-15-23(32)16-27(37(40)41)30(22)44-19-29(38)35-11-13-42-14-12-35/h3-10,15-17H,11-14,18-19H2,1-2H3,(H,34,39)/b33-17+. The van der Waals surface area contributed by atoms with Gasteiger partial charge in [0.1, 0.15) is 18.1 Å². The Kier molecular flexibility index (Phi) is 9.80. The first-order chi connectivity index (χ1) is 21.7. The van der Waals surface area contributed by atoms with Crippen LogP contribution in [-0.4, -0.2) is 65.3 Å². The van der Waals surface area contributed by atoms with Gasteiger partial charge in [-0.3, -0.25) is 19.7 Å². The molecule has 0 spiro atoms. The van der Waals surface area contributed by atoms with Gasteiger partial charge in [-0.2, -0.15) is 5.10 Å². The second kappa shape index (κ2) is 14.1. The van der Waals surface area contributed by atoms with Gasteiger partial charge >= 0.3 is 11.6 Å². The fraction of sp³-hybridized carbons (Fsp3) is 0.258. The van der Waals surface area contributed by atoms with Crippen molar-refractivity contribution in [2.45, 2.75) is 20.5 Å². The number of hydrazone groups is 1. The summed E-state index contributed by atoms with van der Waals surface area (Å²) in [6, 6.07) is 17.3. The van der Waals surface area contributed by atoms with Gasteiger partial charge in [0.25, 0.3) is 5.91 Å². The third-order valence-electron chi connectivity index (χ3n) is 6.97. The predicted octanol–water partition coefficient (Wildman–Crippen LogP) is 4.83. The van der Waals surface area contributed by atoms with Crippen molar-refractivity contribution in [3.63, 3.8) is 0 Å². The highest BCUT2D eigenvalue weighted by atomic mass is 35.5. The largest absolute Gasteiger partial charge is 0.486 e. The van der Waals surface area contributed by atoms with E-state index in [9.17, 15) is 19.7 Å². The van der Waals surface area contributed by atoms with Gasteiger partial charge in [0.05, 0.1) is 24.4 Å². The number of nitrogens with zero attached hydrogens (tertiary/aromatic N) is 4. The number of benzene rings is 2. The average molecular weight is 636 g/mol. The summed E-state index contributed by atoms with van der Waals surface area (Å²) in [4.78, 5) is 37.8. The van der Waals surface area contributed by atoms with Crippen LogP contribution in [0.1, 0.15) is 33.3 Å². The lowest BCUT2D eigenvalue weighted by Gasteiger charge is -2.26. The molecule has 2 aromatic heterocycles. The molecule has 0 saturated carbocycles. The number of furan rings is 1. The van der Waals surface area contributed by atoms with Crippen molar-refractivity contribution in [2.24, 2.45) is 5.10 Å². The van der Waals surface area contributed by atoms with Crippen LogP contribution in [0.4, 0.5) is 5.69 Å². The van der Waals surface area contributed by atoms with E-state index in [0.29, 0.717) is 37.8 Å². The molecule has 0 unspecified atom stereocenters. The predicted molar refractivity (Wildman–Crippen MR) is 164 cm³/mol. The molecule has 0 atom stereocenters. The minimum atomic E-state index is -0.679. The SMILES string of the molecule is Cc1ccc(C)n1-c1ccc(OCc2ccc(C(=O)N/N=C/c3cc(Cl)cc([N+](=O)[O-])c3OCC(=O)N3CCOCC3)o2)cc1. The molecule has 1 fully saturated rings. The smallest absolute Gasteiger partial charge is 0.313 e. The van der Waals surface area contributed by atoms with Crippen LogP contribution in [0.15, 0.2) is 70.2 Å². The van der Waals surface area contributed by atoms with Gasteiger partial charge in [-0.1, -0.05) is 11.6 Å². The molecule has 3 heterocycles. The van der Waals surface area contributed by atoms with E-state index in [1.807, 2.05) is 38.1 Å². The Morgan fingerprint density at radius 2 is 1.76 bits per heavy atom. The highest BCUT2D eigenvalue weighted by molar-refractivity contribution is 6.31. The number of amides is 2. The van der Waals surface area contributed by atoms with Crippen molar-refractivity contribution < 1.29 is 33.1 Å². The number of nitro benzene ring substituents is 1. The Bertz CT molecular complexity index is 1700. The lowest BCUT2D eigenvalue weighted by atomic mass is 10.2. The molecule has 2 amide bonds. The van der Waals surface area contributed by atoms with Crippen LogP contribution in [0.3, 0.4) is 0 Å². The number of ether oxygens (including phenoxy) is 3. The van der Waals surface area contributed by atoms with Crippen LogP contribution in [0.5, 0.6) is 11.5 Å². The fourth-order valence-electron chi connectivity index (χ4n) is 4.74. The molecule has 0 bridgehead atoms. The number of hydrogen-bond donors (Lipinski definition) is 1. The summed E-state index contributed by atoms with van der Waals surface area (Å²) in [7, 11) is 0. The number of hydrogen-bond acceptors (Lipinski definition) is 9. The molecule has 1 N–H and O–H groups in total. The Morgan fingerprint density at radius 3 is 2.44 bits per heavy atom. The number of nitrogens with one attached hydrogen (secondary N) is 1. The number of aryl methyl sites for hydroxylation is 2. The summed E-state index contributed by atoms with van der Waals surface area (Å²) >= 11 is 6.08. The van der Waals surface area contributed by atoms with Gasteiger partial charge in [-0.15, -0.1) is 0 Å². The second-order valence-corrected chi connectivity index (χ2v) is 10.5. The third kappa shape index (κ3) is 7.69. The molecule has 14 heteroatoms. The van der Waals surface area contributed by atoms with Crippen LogP contribution in [0.25, 0.3) is 5.69 Å². The molecule has 1 aliphatic rings. The lowest BCUT2D eigenvalue weighted by molar-refractivity contribution is -0.385. The molecule has 0 radical (unpaired) electrons. The Balaban J connectivity index is 1.19. The zero-order valence-electron chi connectivity index (χ0n) is 24.5. The van der Waals surface area contributed by atoms with E-state index < -0.39 is 23.1 Å². The van der Waals surface area contributed by atoms with Crippen LogP contribution in [0.2, 0.25) is 5.02 Å². The van der Waals surface area contributed by atoms with Gasteiger partial charge in [0, 0.05) is 46.8 Å². The maximum atomic E-state index is 12.7. The van der Waals surface area contributed by atoms with Crippen LogP contribution < -0.4 is 14.9 Å². The molecule has 45 heavy (non-hydrogen) atoms. The van der Waals surface area contributed by atoms with Gasteiger partial charge in [0.15, 0.2) is 12.4 Å². The quantitative estimate of drug-likeness (QED) is 0.140. The monoisotopic (exact) mass is 635 g/mol. The van der Waals surface area contributed by atoms with Gasteiger partial charge in [0.2, 0.25) is 5.75 Å². The first kappa shape index (κ1) is 31.3. The molecule has 4 aromatic rings. The maximum Gasteiger partial charge on any atom is 0.313 e. The molecule has 0 aliphatic carbocycles. The zero-order chi connectivity index (χ0) is 31.9. The summed E-state index contributed by atoms with van der Waals surface area (Å²) in [5.41, 5.74) is 5.23. The normalized spacial score (nSPS) is 13.2. The number of carbonyl (C=O) groups is 2. The summed E-state index contributed by atoms with van der Waals surface area (Å²) < 4.78 is 24.4. The van der Waals surface area contributed by atoms with Gasteiger partial charge in [-0.05, 0) is 68.4 Å². The second-order valence-electron chi connectivity index (χ2n) is 10.1. The number of morpholine rings is 1. The molecule has 5 rings (SSSR count). The molecule has 2 aromatic carbocycles. The van der Waals surface area contributed by atoms with Gasteiger partial charge < -0.3 is 28.1 Å². The number of rotatable bonds is 11. The van der Waals surface area contributed by atoms with E-state index in [4.69, 9.17) is 30.2 Å². The van der Waals surface area contributed by atoms with Crippen molar-refractivity contribution in [1.82, 2.24) is 14.9 Å². The third-order valence-corrected chi connectivity index (χ3v) is 7.18.